The van der Waals surface area contributed by atoms with Gasteiger partial charge in [0, 0.05) is 33.8 Å². The zero-order chi connectivity index (χ0) is 37.8. The second kappa shape index (κ2) is 13.5. The van der Waals surface area contributed by atoms with E-state index in [1.165, 1.54) is 72.4 Å². The maximum atomic E-state index is 2.44. The third-order valence-corrected chi connectivity index (χ3v) is 12.1. The Hall–Kier alpha value is -7.16. The van der Waals surface area contributed by atoms with Crippen LogP contribution in [0.3, 0.4) is 0 Å². The Bertz CT molecular complexity index is 2880. The second-order valence-corrected chi connectivity index (χ2v) is 15.2. The zero-order valence-corrected chi connectivity index (χ0v) is 31.6. The molecule has 1 heterocycles. The van der Waals surface area contributed by atoms with Crippen molar-refractivity contribution < 1.29 is 0 Å². The van der Waals surface area contributed by atoms with E-state index in [9.17, 15) is 0 Å². The molecule has 0 aliphatic heterocycles. The lowest BCUT2D eigenvalue weighted by Gasteiger charge is -2.35. The topological polar surface area (TPSA) is 8.17 Å². The highest BCUT2D eigenvalue weighted by atomic mass is 15.1. The van der Waals surface area contributed by atoms with Gasteiger partial charge >= 0.3 is 0 Å². The molecule has 11 rings (SSSR count). The molecule has 1 aromatic heterocycles. The quantitative estimate of drug-likeness (QED) is 0.159. The molecule has 270 valence electrons. The van der Waals surface area contributed by atoms with E-state index in [1.54, 1.807) is 0 Å². The lowest BCUT2D eigenvalue weighted by Crippen LogP contribution is -2.28. The highest BCUT2D eigenvalue weighted by molar-refractivity contribution is 5.94. The Morgan fingerprint density at radius 3 is 1.75 bits per heavy atom. The van der Waals surface area contributed by atoms with Crippen molar-refractivity contribution in [3.63, 3.8) is 0 Å². The third-order valence-electron chi connectivity index (χ3n) is 12.1. The molecule has 2 aliphatic carbocycles. The van der Waals surface area contributed by atoms with Crippen molar-refractivity contribution in [1.29, 1.82) is 0 Å². The van der Waals surface area contributed by atoms with Crippen molar-refractivity contribution >= 4 is 34.0 Å². The molecule has 57 heavy (non-hydrogen) atoms. The summed E-state index contributed by atoms with van der Waals surface area (Å²) in [6.07, 6.45) is 6.74. The minimum absolute atomic E-state index is 0.468. The summed E-state index contributed by atoms with van der Waals surface area (Å²) in [6.45, 7) is 0. The molecule has 2 aliphatic rings. The number of aryl methyl sites for hydroxylation is 1. The van der Waals surface area contributed by atoms with Crippen molar-refractivity contribution in [3.05, 3.63) is 246 Å². The summed E-state index contributed by atoms with van der Waals surface area (Å²) in [5.74, 6) is 0. The van der Waals surface area contributed by atoms with Gasteiger partial charge in [-0.25, -0.2) is 0 Å². The Morgan fingerprint density at radius 1 is 0.456 bits per heavy atom. The van der Waals surface area contributed by atoms with Gasteiger partial charge in [-0.1, -0.05) is 152 Å². The van der Waals surface area contributed by atoms with Gasteiger partial charge < -0.3 is 9.47 Å². The largest absolute Gasteiger partial charge is 0.310 e. The summed E-state index contributed by atoms with van der Waals surface area (Å²) in [5.41, 5.74) is 18.2. The van der Waals surface area contributed by atoms with Crippen LogP contribution in [0.5, 0.6) is 0 Å². The molecule has 0 saturated carbocycles. The van der Waals surface area contributed by atoms with Gasteiger partial charge in [-0.05, 0) is 130 Å². The average Bonchev–Trinajstić information content (AvgIpc) is 3.78. The molecule has 0 amide bonds. The standard InChI is InChI=1S/C55H40N2/c1-5-17-41(18-6-1)55(42-19-7-2-8-20-42)51-27-15-13-25-47(51)48-35-34-46(38-52(48)55)56(43-21-9-3-10-22-43)45-32-29-39(30-33-45)40-31-36-54-50(37-40)49-26-14-16-28-53(49)57(54)44-23-11-4-12-24-44/h1-13,15-25,27-38H,14,26H2. The third kappa shape index (κ3) is 5.25. The van der Waals surface area contributed by atoms with Crippen LogP contribution in [-0.4, -0.2) is 4.57 Å². The molecule has 8 aromatic carbocycles. The Labute approximate surface area is 334 Å². The van der Waals surface area contributed by atoms with E-state index >= 15 is 0 Å². The van der Waals surface area contributed by atoms with Crippen molar-refractivity contribution in [2.45, 2.75) is 18.3 Å². The minimum atomic E-state index is -0.468. The van der Waals surface area contributed by atoms with Crippen LogP contribution in [-0.2, 0) is 11.8 Å². The second-order valence-electron chi connectivity index (χ2n) is 15.2. The smallest absolute Gasteiger partial charge is 0.0714 e. The van der Waals surface area contributed by atoms with Gasteiger partial charge in [0.25, 0.3) is 0 Å². The predicted octanol–water partition coefficient (Wildman–Crippen LogP) is 14.1. The highest BCUT2D eigenvalue weighted by Gasteiger charge is 2.46. The lowest BCUT2D eigenvalue weighted by molar-refractivity contribution is 0.768. The van der Waals surface area contributed by atoms with Gasteiger partial charge in [0.05, 0.1) is 10.9 Å². The van der Waals surface area contributed by atoms with Crippen LogP contribution in [0, 0.1) is 0 Å². The number of fused-ring (bicyclic) bond motifs is 6. The summed E-state index contributed by atoms with van der Waals surface area (Å²) in [4.78, 5) is 2.40. The highest BCUT2D eigenvalue weighted by Crippen LogP contribution is 2.57. The molecule has 9 aromatic rings. The Balaban J connectivity index is 1.05. The minimum Gasteiger partial charge on any atom is -0.310 e. The van der Waals surface area contributed by atoms with Crippen LogP contribution in [0.4, 0.5) is 17.1 Å². The Morgan fingerprint density at radius 2 is 1.04 bits per heavy atom. The monoisotopic (exact) mass is 728 g/mol. The lowest BCUT2D eigenvalue weighted by atomic mass is 9.67. The number of allylic oxidation sites excluding steroid dienone is 1. The first-order valence-corrected chi connectivity index (χ1v) is 20.0. The normalized spacial score (nSPS) is 13.5. The molecule has 0 bridgehead atoms. The number of rotatable bonds is 7. The van der Waals surface area contributed by atoms with E-state index in [-0.39, 0.29) is 0 Å². The van der Waals surface area contributed by atoms with E-state index in [2.05, 4.69) is 228 Å². The summed E-state index contributed by atoms with van der Waals surface area (Å²) in [5, 5.41) is 1.34. The molecule has 0 atom stereocenters. The number of aromatic nitrogens is 1. The van der Waals surface area contributed by atoms with Crippen LogP contribution in [0.25, 0.3) is 44.9 Å². The summed E-state index contributed by atoms with van der Waals surface area (Å²) in [7, 11) is 0. The molecule has 0 fully saturated rings. The number of hydrogen-bond donors (Lipinski definition) is 0. The van der Waals surface area contributed by atoms with E-state index in [0.717, 1.165) is 29.9 Å². The summed E-state index contributed by atoms with van der Waals surface area (Å²) in [6, 6.07) is 75.8. The zero-order valence-electron chi connectivity index (χ0n) is 31.6. The van der Waals surface area contributed by atoms with Crippen molar-refractivity contribution in [1.82, 2.24) is 4.57 Å². The fraction of sp³-hybridized carbons (Fsp3) is 0.0545. The molecular formula is C55H40N2. The summed E-state index contributed by atoms with van der Waals surface area (Å²) >= 11 is 0. The number of benzene rings is 8. The molecule has 0 N–H and O–H groups in total. The average molecular weight is 729 g/mol. The SMILES string of the molecule is C1=Cc2c(c3cc(-c4ccc(N(c5ccccc5)c5ccc6c(c5)C(c5ccccc5)(c5ccccc5)c5ccccc5-6)cc4)ccc3n2-c2ccccc2)CC1. The van der Waals surface area contributed by atoms with Gasteiger partial charge in [0.15, 0.2) is 0 Å². The fourth-order valence-corrected chi connectivity index (χ4v) is 9.67. The van der Waals surface area contributed by atoms with Crippen LogP contribution >= 0.6 is 0 Å². The maximum Gasteiger partial charge on any atom is 0.0714 e. The van der Waals surface area contributed by atoms with Crippen molar-refractivity contribution in [2.75, 3.05) is 4.90 Å². The van der Waals surface area contributed by atoms with Crippen LogP contribution in [0.2, 0.25) is 0 Å². The van der Waals surface area contributed by atoms with Gasteiger partial charge in [0.2, 0.25) is 0 Å². The first-order chi connectivity index (χ1) is 28.3. The van der Waals surface area contributed by atoms with E-state index in [1.807, 2.05) is 0 Å². The Kier molecular flexibility index (Phi) is 7.89. The van der Waals surface area contributed by atoms with Crippen molar-refractivity contribution in [2.24, 2.45) is 0 Å². The molecule has 0 unspecified atom stereocenters. The van der Waals surface area contributed by atoms with Crippen LogP contribution in [0.1, 0.15) is 39.9 Å². The predicted molar refractivity (Wildman–Crippen MR) is 238 cm³/mol. The van der Waals surface area contributed by atoms with Crippen LogP contribution < -0.4 is 4.90 Å². The van der Waals surface area contributed by atoms with Gasteiger partial charge in [-0.2, -0.15) is 0 Å². The number of para-hydroxylation sites is 2. The van der Waals surface area contributed by atoms with Gasteiger partial charge in [-0.3, -0.25) is 0 Å². The number of anilines is 3. The molecule has 0 radical (unpaired) electrons. The van der Waals surface area contributed by atoms with E-state index in [0.29, 0.717) is 0 Å². The van der Waals surface area contributed by atoms with Gasteiger partial charge in [-0.15, -0.1) is 0 Å². The van der Waals surface area contributed by atoms with E-state index in [4.69, 9.17) is 0 Å². The first kappa shape index (κ1) is 33.2. The van der Waals surface area contributed by atoms with Gasteiger partial charge in [0.1, 0.15) is 0 Å². The molecule has 2 nitrogen and oxygen atoms in total. The van der Waals surface area contributed by atoms with E-state index < -0.39 is 5.41 Å². The first-order valence-electron chi connectivity index (χ1n) is 20.0. The number of nitrogens with zero attached hydrogens (tertiary/aromatic N) is 2. The van der Waals surface area contributed by atoms with Crippen LogP contribution in [0.15, 0.2) is 212 Å². The molecular weight excluding hydrogens is 689 g/mol. The maximum absolute atomic E-state index is 2.44. The molecule has 0 saturated heterocycles. The summed E-state index contributed by atoms with van der Waals surface area (Å²) < 4.78 is 2.42. The number of hydrogen-bond acceptors (Lipinski definition) is 1. The molecule has 2 heteroatoms. The molecule has 0 spiro atoms. The van der Waals surface area contributed by atoms with Crippen molar-refractivity contribution in [3.8, 4) is 27.9 Å². The fourth-order valence-electron chi connectivity index (χ4n) is 9.67.